The van der Waals surface area contributed by atoms with Gasteiger partial charge in [-0.15, -0.1) is 0 Å². The van der Waals surface area contributed by atoms with Gasteiger partial charge in [-0.25, -0.2) is 4.39 Å². The Morgan fingerprint density at radius 1 is 1.00 bits per heavy atom. The molecule has 0 atom stereocenters. The lowest BCUT2D eigenvalue weighted by Gasteiger charge is -2.18. The van der Waals surface area contributed by atoms with Crippen LogP contribution in [-0.2, 0) is 13.0 Å². The lowest BCUT2D eigenvalue weighted by molar-refractivity contribution is 0.0948. The van der Waals surface area contributed by atoms with E-state index in [-0.39, 0.29) is 18.4 Å². The summed E-state index contributed by atoms with van der Waals surface area (Å²) in [5.41, 5.74) is 3.33. The van der Waals surface area contributed by atoms with Crippen LogP contribution in [0.25, 0.3) is 0 Å². The van der Waals surface area contributed by atoms with Gasteiger partial charge in [0.25, 0.3) is 11.8 Å². The van der Waals surface area contributed by atoms with Crippen LogP contribution in [0.4, 0.5) is 10.1 Å². The number of carbonyl (C=O) groups is 2. The smallest absolute Gasteiger partial charge is 0.258 e. The average molecular weight is 434 g/mol. The number of hydrogen-bond acceptors (Lipinski definition) is 4. The SMILES string of the molecule is COc1cccc(CNC(=O)c2ccc3c(c2)N(C(=O)c2ccc(F)cc2)CC3)c1OC. The Bertz CT molecular complexity index is 1160. The molecule has 0 saturated heterocycles. The third-order valence-corrected chi connectivity index (χ3v) is 5.50. The highest BCUT2D eigenvalue weighted by Crippen LogP contribution is 2.32. The maximum absolute atomic E-state index is 13.2. The molecule has 7 heteroatoms. The molecule has 4 rings (SSSR count). The first-order chi connectivity index (χ1) is 15.5. The van der Waals surface area contributed by atoms with Crippen LogP contribution in [0, 0.1) is 5.82 Å². The number of carbonyl (C=O) groups excluding carboxylic acids is 2. The van der Waals surface area contributed by atoms with Crippen molar-refractivity contribution in [2.75, 3.05) is 25.7 Å². The van der Waals surface area contributed by atoms with E-state index in [1.54, 1.807) is 37.3 Å². The minimum atomic E-state index is -0.394. The van der Waals surface area contributed by atoms with E-state index >= 15 is 0 Å². The van der Waals surface area contributed by atoms with Crippen molar-refractivity contribution in [2.45, 2.75) is 13.0 Å². The van der Waals surface area contributed by atoms with Crippen molar-refractivity contribution in [3.8, 4) is 11.5 Å². The molecule has 0 bridgehead atoms. The van der Waals surface area contributed by atoms with E-state index in [1.807, 2.05) is 18.2 Å². The average Bonchev–Trinajstić information content (AvgIpc) is 3.25. The molecular formula is C25H23FN2O4. The molecule has 0 aromatic heterocycles. The summed E-state index contributed by atoms with van der Waals surface area (Å²) in [7, 11) is 3.11. The molecule has 1 heterocycles. The van der Waals surface area contributed by atoms with Gasteiger partial charge in [0.15, 0.2) is 11.5 Å². The Balaban J connectivity index is 1.52. The van der Waals surface area contributed by atoms with E-state index in [1.165, 1.54) is 24.3 Å². The van der Waals surface area contributed by atoms with Crippen LogP contribution in [0.1, 0.15) is 31.8 Å². The number of nitrogens with one attached hydrogen (secondary N) is 1. The molecule has 32 heavy (non-hydrogen) atoms. The summed E-state index contributed by atoms with van der Waals surface area (Å²) < 4.78 is 23.9. The van der Waals surface area contributed by atoms with Crippen LogP contribution >= 0.6 is 0 Å². The predicted molar refractivity (Wildman–Crippen MR) is 119 cm³/mol. The van der Waals surface area contributed by atoms with Gasteiger partial charge in [0.2, 0.25) is 0 Å². The van der Waals surface area contributed by atoms with Crippen molar-refractivity contribution in [3.63, 3.8) is 0 Å². The van der Waals surface area contributed by atoms with Crippen molar-refractivity contribution >= 4 is 17.5 Å². The first kappa shape index (κ1) is 21.4. The maximum atomic E-state index is 13.2. The second kappa shape index (κ2) is 9.09. The number of ether oxygens (including phenoxy) is 2. The maximum Gasteiger partial charge on any atom is 0.258 e. The minimum absolute atomic E-state index is 0.220. The van der Waals surface area contributed by atoms with Gasteiger partial charge in [0.05, 0.1) is 14.2 Å². The zero-order valence-electron chi connectivity index (χ0n) is 17.9. The molecule has 2 amide bonds. The second-order valence-corrected chi connectivity index (χ2v) is 7.39. The van der Waals surface area contributed by atoms with E-state index in [0.29, 0.717) is 41.3 Å². The summed E-state index contributed by atoms with van der Waals surface area (Å²) >= 11 is 0. The Kier molecular flexibility index (Phi) is 6.07. The molecule has 0 fully saturated rings. The van der Waals surface area contributed by atoms with Gasteiger partial charge in [-0.2, -0.15) is 0 Å². The third kappa shape index (κ3) is 4.14. The van der Waals surface area contributed by atoms with Crippen molar-refractivity contribution < 1.29 is 23.5 Å². The molecule has 3 aromatic carbocycles. The highest BCUT2D eigenvalue weighted by Gasteiger charge is 2.26. The molecular weight excluding hydrogens is 411 g/mol. The Labute approximate surface area is 185 Å². The monoisotopic (exact) mass is 434 g/mol. The van der Waals surface area contributed by atoms with E-state index in [2.05, 4.69) is 5.32 Å². The Morgan fingerprint density at radius 3 is 2.47 bits per heavy atom. The van der Waals surface area contributed by atoms with Crippen LogP contribution in [0.2, 0.25) is 0 Å². The normalized spacial score (nSPS) is 12.3. The van der Waals surface area contributed by atoms with Crippen LogP contribution in [0.3, 0.4) is 0 Å². The van der Waals surface area contributed by atoms with Gasteiger partial charge in [-0.1, -0.05) is 18.2 Å². The van der Waals surface area contributed by atoms with Crippen molar-refractivity contribution in [1.82, 2.24) is 5.32 Å². The fourth-order valence-corrected chi connectivity index (χ4v) is 3.85. The number of para-hydroxylation sites is 1. The summed E-state index contributed by atoms with van der Waals surface area (Å²) in [5.74, 6) is 0.281. The standard InChI is InChI=1S/C25H23FN2O4/c1-31-22-5-3-4-19(23(22)32-2)15-27-24(29)18-7-6-16-12-13-28(21(16)14-18)25(30)17-8-10-20(26)11-9-17/h3-11,14H,12-13,15H2,1-2H3,(H,27,29). The van der Waals surface area contributed by atoms with Gasteiger partial charge < -0.3 is 19.7 Å². The van der Waals surface area contributed by atoms with Gasteiger partial charge in [-0.3, -0.25) is 9.59 Å². The molecule has 0 saturated carbocycles. The number of hydrogen-bond donors (Lipinski definition) is 1. The molecule has 1 N–H and O–H groups in total. The topological polar surface area (TPSA) is 67.9 Å². The van der Waals surface area contributed by atoms with Gasteiger partial charge >= 0.3 is 0 Å². The highest BCUT2D eigenvalue weighted by molar-refractivity contribution is 6.08. The fraction of sp³-hybridized carbons (Fsp3) is 0.200. The molecule has 1 aliphatic heterocycles. The summed E-state index contributed by atoms with van der Waals surface area (Å²) in [6, 6.07) is 16.3. The Morgan fingerprint density at radius 2 is 1.75 bits per heavy atom. The quantitative estimate of drug-likeness (QED) is 0.637. The number of fused-ring (bicyclic) bond motifs is 1. The summed E-state index contributed by atoms with van der Waals surface area (Å²) in [6.45, 7) is 0.770. The Hall–Kier alpha value is -3.87. The molecule has 6 nitrogen and oxygen atoms in total. The predicted octanol–water partition coefficient (Wildman–Crippen LogP) is 3.98. The number of benzene rings is 3. The van der Waals surface area contributed by atoms with Gasteiger partial charge in [-0.05, 0) is 54.4 Å². The summed E-state index contributed by atoms with van der Waals surface area (Å²) in [4.78, 5) is 27.4. The summed E-state index contributed by atoms with van der Waals surface area (Å²) in [6.07, 6.45) is 0.700. The van der Waals surface area contributed by atoms with E-state index < -0.39 is 5.82 Å². The molecule has 1 aliphatic rings. The molecule has 0 spiro atoms. The number of anilines is 1. The van der Waals surface area contributed by atoms with Gasteiger partial charge in [0, 0.05) is 35.5 Å². The van der Waals surface area contributed by atoms with Crippen LogP contribution in [-0.4, -0.2) is 32.6 Å². The lowest BCUT2D eigenvalue weighted by atomic mass is 10.1. The van der Waals surface area contributed by atoms with E-state index in [0.717, 1.165) is 11.1 Å². The summed E-state index contributed by atoms with van der Waals surface area (Å²) in [5, 5.41) is 2.89. The first-order valence-electron chi connectivity index (χ1n) is 10.2. The number of rotatable bonds is 6. The first-order valence-corrected chi connectivity index (χ1v) is 10.2. The van der Waals surface area contributed by atoms with E-state index in [9.17, 15) is 14.0 Å². The zero-order chi connectivity index (χ0) is 22.7. The highest BCUT2D eigenvalue weighted by atomic mass is 19.1. The fourth-order valence-electron chi connectivity index (χ4n) is 3.85. The van der Waals surface area contributed by atoms with Crippen molar-refractivity contribution in [3.05, 3.63) is 88.7 Å². The molecule has 0 aliphatic carbocycles. The van der Waals surface area contributed by atoms with Crippen LogP contribution in [0.15, 0.2) is 60.7 Å². The van der Waals surface area contributed by atoms with Crippen molar-refractivity contribution in [1.29, 1.82) is 0 Å². The van der Waals surface area contributed by atoms with Crippen molar-refractivity contribution in [2.24, 2.45) is 0 Å². The van der Waals surface area contributed by atoms with Gasteiger partial charge in [0.1, 0.15) is 5.82 Å². The molecule has 0 unspecified atom stereocenters. The minimum Gasteiger partial charge on any atom is -0.493 e. The molecule has 0 radical (unpaired) electrons. The number of halogens is 1. The largest absolute Gasteiger partial charge is 0.493 e. The number of nitrogens with zero attached hydrogens (tertiary/aromatic N) is 1. The lowest BCUT2D eigenvalue weighted by Crippen LogP contribution is -2.29. The van der Waals surface area contributed by atoms with Crippen LogP contribution < -0.4 is 19.7 Å². The molecule has 164 valence electrons. The molecule has 3 aromatic rings. The third-order valence-electron chi connectivity index (χ3n) is 5.50. The number of amides is 2. The van der Waals surface area contributed by atoms with E-state index in [4.69, 9.17) is 9.47 Å². The van der Waals surface area contributed by atoms with Crippen LogP contribution in [0.5, 0.6) is 11.5 Å². The second-order valence-electron chi connectivity index (χ2n) is 7.39. The number of methoxy groups -OCH3 is 2. The zero-order valence-corrected chi connectivity index (χ0v) is 17.9.